The van der Waals surface area contributed by atoms with E-state index < -0.39 is 11.7 Å². The molecule has 4 rings (SSSR count). The number of piperidine rings is 1. The van der Waals surface area contributed by atoms with E-state index in [0.29, 0.717) is 11.5 Å². The van der Waals surface area contributed by atoms with Crippen molar-refractivity contribution < 1.29 is 19.1 Å². The molecule has 0 bridgehead atoms. The van der Waals surface area contributed by atoms with Crippen LogP contribution in [0.5, 0.6) is 0 Å². The quantitative estimate of drug-likeness (QED) is 0.698. The zero-order chi connectivity index (χ0) is 22.2. The van der Waals surface area contributed by atoms with Crippen LogP contribution < -0.4 is 5.32 Å². The van der Waals surface area contributed by atoms with Crippen LogP contribution in [0.25, 0.3) is 0 Å². The van der Waals surface area contributed by atoms with Crippen LogP contribution in [0.3, 0.4) is 0 Å². The highest BCUT2D eigenvalue weighted by Crippen LogP contribution is 2.45. The van der Waals surface area contributed by atoms with Gasteiger partial charge in [-0.3, -0.25) is 4.79 Å². The Morgan fingerprint density at radius 3 is 2.71 bits per heavy atom. The van der Waals surface area contributed by atoms with Gasteiger partial charge < -0.3 is 19.7 Å². The monoisotopic (exact) mass is 443 g/mol. The molecule has 8 heteroatoms. The van der Waals surface area contributed by atoms with Crippen molar-refractivity contribution in [3.8, 4) is 0 Å². The zero-order valence-electron chi connectivity index (χ0n) is 18.5. The molecule has 3 aliphatic heterocycles. The van der Waals surface area contributed by atoms with Crippen LogP contribution >= 0.6 is 11.8 Å². The molecule has 0 aromatic heterocycles. The molecular formula is C23H29N3O4S. The third kappa shape index (κ3) is 4.65. The molecule has 1 N–H and O–H groups in total. The minimum Gasteiger partial charge on any atom is -0.444 e. The molecule has 2 amide bonds. The fourth-order valence-corrected chi connectivity index (χ4v) is 5.16. The summed E-state index contributed by atoms with van der Waals surface area (Å²) in [7, 11) is 0. The SMILES string of the molecule is C/C(CNC(=O)OC(C)(C)C)=C1\SC(N2CCC3(CC2)OCc2ccccc23)=NC1=O. The Morgan fingerprint density at radius 1 is 1.29 bits per heavy atom. The number of alkyl carbamates (subject to hydrolysis) is 1. The van der Waals surface area contributed by atoms with Gasteiger partial charge in [-0.05, 0) is 69.0 Å². The number of ether oxygens (including phenoxy) is 2. The first-order valence-corrected chi connectivity index (χ1v) is 11.4. The number of likely N-dealkylation sites (tertiary alicyclic amines) is 1. The highest BCUT2D eigenvalue weighted by Gasteiger charge is 2.43. The molecule has 1 aromatic rings. The van der Waals surface area contributed by atoms with Crippen molar-refractivity contribution in [2.75, 3.05) is 19.6 Å². The van der Waals surface area contributed by atoms with Gasteiger partial charge in [-0.25, -0.2) is 4.79 Å². The summed E-state index contributed by atoms with van der Waals surface area (Å²) in [5, 5.41) is 3.44. The Balaban J connectivity index is 1.35. The van der Waals surface area contributed by atoms with Crippen LogP contribution in [0.2, 0.25) is 0 Å². The number of nitrogens with one attached hydrogen (secondary N) is 1. The molecule has 166 valence electrons. The maximum absolute atomic E-state index is 12.5. The van der Waals surface area contributed by atoms with E-state index in [0.717, 1.165) is 36.7 Å². The number of carbonyl (C=O) groups excluding carboxylic acids is 2. The molecule has 1 saturated heterocycles. The average Bonchev–Trinajstić information content (AvgIpc) is 3.27. The molecule has 0 saturated carbocycles. The van der Waals surface area contributed by atoms with Crippen molar-refractivity contribution in [2.24, 2.45) is 4.99 Å². The van der Waals surface area contributed by atoms with E-state index in [2.05, 4.69) is 39.5 Å². The Labute approximate surface area is 187 Å². The lowest BCUT2D eigenvalue weighted by molar-refractivity contribution is -0.113. The van der Waals surface area contributed by atoms with Gasteiger partial charge in [0.15, 0.2) is 5.17 Å². The highest BCUT2D eigenvalue weighted by molar-refractivity contribution is 8.18. The van der Waals surface area contributed by atoms with Crippen LogP contribution in [-0.2, 0) is 26.5 Å². The molecule has 31 heavy (non-hydrogen) atoms. The van der Waals surface area contributed by atoms with E-state index in [9.17, 15) is 9.59 Å². The number of rotatable bonds is 2. The number of thioether (sulfide) groups is 1. The van der Waals surface area contributed by atoms with Gasteiger partial charge >= 0.3 is 6.09 Å². The van der Waals surface area contributed by atoms with Crippen molar-refractivity contribution in [3.05, 3.63) is 45.9 Å². The molecule has 0 radical (unpaired) electrons. The van der Waals surface area contributed by atoms with Gasteiger partial charge in [-0.15, -0.1) is 0 Å². The standard InChI is InChI=1S/C23H29N3O4S/c1-15(13-24-21(28)30-22(2,3)4)18-19(27)25-20(31-18)26-11-9-23(10-12-26)17-8-6-5-7-16(17)14-29-23/h5-8H,9-14H2,1-4H3,(H,24,28)/b18-15+. The zero-order valence-corrected chi connectivity index (χ0v) is 19.3. The number of fused-ring (bicyclic) bond motifs is 2. The summed E-state index contributed by atoms with van der Waals surface area (Å²) < 4.78 is 11.5. The van der Waals surface area contributed by atoms with Crippen LogP contribution in [0, 0.1) is 0 Å². The smallest absolute Gasteiger partial charge is 0.407 e. The first kappa shape index (κ1) is 21.9. The van der Waals surface area contributed by atoms with Crippen LogP contribution in [0.4, 0.5) is 4.79 Å². The summed E-state index contributed by atoms with van der Waals surface area (Å²) in [6, 6.07) is 8.44. The maximum Gasteiger partial charge on any atom is 0.407 e. The molecule has 1 aromatic carbocycles. The van der Waals surface area contributed by atoms with Gasteiger partial charge in [0, 0.05) is 19.6 Å². The number of carbonyl (C=O) groups is 2. The third-order valence-corrected chi connectivity index (χ3v) is 6.98. The molecule has 1 fully saturated rings. The predicted molar refractivity (Wildman–Crippen MR) is 121 cm³/mol. The molecule has 0 atom stereocenters. The molecule has 7 nitrogen and oxygen atoms in total. The van der Waals surface area contributed by atoms with Crippen molar-refractivity contribution in [2.45, 2.75) is 58.3 Å². The van der Waals surface area contributed by atoms with E-state index >= 15 is 0 Å². The largest absolute Gasteiger partial charge is 0.444 e. The second kappa shape index (κ2) is 8.31. The molecular weight excluding hydrogens is 414 g/mol. The number of benzene rings is 1. The van der Waals surface area contributed by atoms with E-state index in [1.54, 1.807) is 0 Å². The normalized spacial score (nSPS) is 21.7. The van der Waals surface area contributed by atoms with E-state index in [1.165, 1.54) is 22.9 Å². The Morgan fingerprint density at radius 2 is 2.00 bits per heavy atom. The second-order valence-electron chi connectivity index (χ2n) is 9.19. The molecule has 0 unspecified atom stereocenters. The van der Waals surface area contributed by atoms with Gasteiger partial charge in [0.2, 0.25) is 0 Å². The third-order valence-electron chi connectivity index (χ3n) is 5.72. The molecule has 0 aliphatic carbocycles. The highest BCUT2D eigenvalue weighted by atomic mass is 32.2. The molecule has 1 spiro atoms. The molecule has 3 heterocycles. The van der Waals surface area contributed by atoms with Crippen molar-refractivity contribution in [3.63, 3.8) is 0 Å². The Bertz CT molecular complexity index is 956. The molecule has 3 aliphatic rings. The topological polar surface area (TPSA) is 80.2 Å². The minimum absolute atomic E-state index is 0.215. The number of aliphatic imine (C=N–C) groups is 1. The van der Waals surface area contributed by atoms with Gasteiger partial charge in [0.1, 0.15) is 5.60 Å². The number of hydrogen-bond donors (Lipinski definition) is 1. The summed E-state index contributed by atoms with van der Waals surface area (Å²) in [6.45, 7) is 9.77. The number of hydrogen-bond acceptors (Lipinski definition) is 6. The summed E-state index contributed by atoms with van der Waals surface area (Å²) >= 11 is 1.39. The lowest BCUT2D eigenvalue weighted by atomic mass is 9.84. The van der Waals surface area contributed by atoms with Crippen molar-refractivity contribution in [1.29, 1.82) is 0 Å². The van der Waals surface area contributed by atoms with Crippen LogP contribution in [-0.4, -0.2) is 47.3 Å². The van der Waals surface area contributed by atoms with Gasteiger partial charge in [-0.1, -0.05) is 24.3 Å². The summed E-state index contributed by atoms with van der Waals surface area (Å²) in [5.74, 6) is -0.244. The van der Waals surface area contributed by atoms with E-state index in [-0.39, 0.29) is 18.1 Å². The maximum atomic E-state index is 12.5. The fraction of sp³-hybridized carbons (Fsp3) is 0.522. The van der Waals surface area contributed by atoms with E-state index in [1.807, 2.05) is 27.7 Å². The van der Waals surface area contributed by atoms with Gasteiger partial charge in [-0.2, -0.15) is 4.99 Å². The van der Waals surface area contributed by atoms with Gasteiger partial charge in [0.25, 0.3) is 5.91 Å². The summed E-state index contributed by atoms with van der Waals surface area (Å²) in [4.78, 5) is 31.4. The Kier molecular flexibility index (Phi) is 5.87. The fourth-order valence-electron chi connectivity index (χ4n) is 4.16. The van der Waals surface area contributed by atoms with Crippen molar-refractivity contribution in [1.82, 2.24) is 10.2 Å². The first-order chi connectivity index (χ1) is 14.7. The van der Waals surface area contributed by atoms with Crippen LogP contribution in [0.15, 0.2) is 39.7 Å². The summed E-state index contributed by atoms with van der Waals surface area (Å²) in [5.41, 5.74) is 2.58. The number of amidine groups is 1. The van der Waals surface area contributed by atoms with E-state index in [4.69, 9.17) is 9.47 Å². The Hall–Kier alpha value is -2.32. The number of amides is 2. The summed E-state index contributed by atoms with van der Waals surface area (Å²) in [6.07, 6.45) is 1.24. The first-order valence-electron chi connectivity index (χ1n) is 10.6. The van der Waals surface area contributed by atoms with Gasteiger partial charge in [0.05, 0.1) is 17.1 Å². The lowest BCUT2D eigenvalue weighted by Crippen LogP contribution is -2.44. The average molecular weight is 444 g/mol. The second-order valence-corrected chi connectivity index (χ2v) is 10.2. The lowest BCUT2D eigenvalue weighted by Gasteiger charge is -2.39. The van der Waals surface area contributed by atoms with Crippen LogP contribution in [0.1, 0.15) is 51.7 Å². The minimum atomic E-state index is -0.561. The predicted octanol–water partition coefficient (Wildman–Crippen LogP) is 3.94. The number of nitrogens with zero attached hydrogens (tertiary/aromatic N) is 2. The van der Waals surface area contributed by atoms with Crippen molar-refractivity contribution >= 4 is 28.9 Å².